The summed E-state index contributed by atoms with van der Waals surface area (Å²) in [7, 11) is 1.56. The fourth-order valence-electron chi connectivity index (χ4n) is 4.71. The molecule has 0 atom stereocenters. The summed E-state index contributed by atoms with van der Waals surface area (Å²) in [6.45, 7) is 7.64. The van der Waals surface area contributed by atoms with Crippen LogP contribution in [0.2, 0.25) is 0 Å². The molecule has 0 spiro atoms. The number of imidazole rings is 1. The summed E-state index contributed by atoms with van der Waals surface area (Å²) >= 11 is 0. The van der Waals surface area contributed by atoms with Crippen molar-refractivity contribution in [3.63, 3.8) is 0 Å². The van der Waals surface area contributed by atoms with Gasteiger partial charge in [-0.2, -0.15) is 5.26 Å². The third-order valence-corrected chi connectivity index (χ3v) is 6.92. The number of rotatable bonds is 10. The Hall–Kier alpha value is -5.58. The number of aromatic carboxylic acids is 1. The van der Waals surface area contributed by atoms with E-state index >= 15 is 4.39 Å². The van der Waals surface area contributed by atoms with Gasteiger partial charge in [0.15, 0.2) is 5.69 Å². The zero-order valence-corrected chi connectivity index (χ0v) is 23.0. The van der Waals surface area contributed by atoms with E-state index in [0.717, 1.165) is 6.07 Å². The van der Waals surface area contributed by atoms with Crippen LogP contribution in [0.3, 0.4) is 0 Å². The van der Waals surface area contributed by atoms with Crippen LogP contribution in [0.4, 0.5) is 14.5 Å². The van der Waals surface area contributed by atoms with Crippen molar-refractivity contribution in [3.8, 4) is 22.9 Å². The molecule has 0 saturated heterocycles. The molecular formula is C33H24F2N4O4. The average Bonchev–Trinajstić information content (AvgIpc) is 3.35. The number of aromatic nitrogens is 2. The van der Waals surface area contributed by atoms with Gasteiger partial charge >= 0.3 is 5.97 Å². The molecule has 1 heterocycles. The summed E-state index contributed by atoms with van der Waals surface area (Å²) in [6, 6.07) is 20.3. The predicted octanol–water partition coefficient (Wildman–Crippen LogP) is 6.92. The Balaban J connectivity index is 1.42. The van der Waals surface area contributed by atoms with Gasteiger partial charge in [-0.05, 0) is 65.2 Å². The van der Waals surface area contributed by atoms with Crippen LogP contribution in [0.5, 0.6) is 5.75 Å². The number of carboxylic acids is 1. The molecule has 214 valence electrons. The first-order valence-corrected chi connectivity index (χ1v) is 13.1. The largest absolute Gasteiger partial charge is 0.489 e. The minimum atomic E-state index is -1.05. The number of ether oxygens (including phenoxy) is 2. The average molecular weight is 579 g/mol. The standard InChI is InChI=1S/C33H24F2N4O4/c1-37-26-7-5-24(29(35)17-26)19-43-27-12-20(18-36)11-25(13-27)21-3-4-22(28(34)14-21)16-32-38-30-8-6-23(33(40)41)15-31(30)39(32)9-10-42-2/h3-8,11-15,17H,9-10,16,19H2,2H3,(H,40,41). The fourth-order valence-corrected chi connectivity index (χ4v) is 4.71. The third-order valence-electron chi connectivity index (χ3n) is 6.92. The van der Waals surface area contributed by atoms with Crippen molar-refractivity contribution in [2.45, 2.75) is 19.6 Å². The summed E-state index contributed by atoms with van der Waals surface area (Å²) in [5, 5.41) is 19.0. The normalized spacial score (nSPS) is 10.8. The van der Waals surface area contributed by atoms with Gasteiger partial charge in [-0.3, -0.25) is 0 Å². The highest BCUT2D eigenvalue weighted by atomic mass is 19.1. The topological polar surface area (TPSA) is 102 Å². The zero-order chi connectivity index (χ0) is 30.5. The van der Waals surface area contributed by atoms with Crippen molar-refractivity contribution in [1.29, 1.82) is 5.26 Å². The summed E-state index contributed by atoms with van der Waals surface area (Å²) in [6.07, 6.45) is 0.150. The molecule has 5 aromatic rings. The van der Waals surface area contributed by atoms with E-state index in [0.29, 0.717) is 52.4 Å². The summed E-state index contributed by atoms with van der Waals surface area (Å²) in [5.41, 5.74) is 3.48. The first-order chi connectivity index (χ1) is 20.8. The van der Waals surface area contributed by atoms with Crippen LogP contribution >= 0.6 is 0 Å². The highest BCUT2D eigenvalue weighted by Gasteiger charge is 2.16. The van der Waals surface area contributed by atoms with Gasteiger partial charge in [0.05, 0.1) is 41.4 Å². The molecule has 0 amide bonds. The second kappa shape index (κ2) is 12.5. The van der Waals surface area contributed by atoms with Crippen LogP contribution in [-0.2, 0) is 24.3 Å². The van der Waals surface area contributed by atoms with Crippen molar-refractivity contribution >= 4 is 22.7 Å². The lowest BCUT2D eigenvalue weighted by molar-refractivity contribution is 0.0697. The van der Waals surface area contributed by atoms with E-state index < -0.39 is 17.6 Å². The number of hydrogen-bond acceptors (Lipinski definition) is 5. The van der Waals surface area contributed by atoms with Crippen LogP contribution in [0.25, 0.3) is 27.0 Å². The van der Waals surface area contributed by atoms with E-state index in [2.05, 4.69) is 15.9 Å². The molecule has 0 fully saturated rings. The molecular weight excluding hydrogens is 554 g/mol. The zero-order valence-electron chi connectivity index (χ0n) is 23.0. The molecule has 0 aliphatic heterocycles. The molecule has 0 bridgehead atoms. The van der Waals surface area contributed by atoms with Crippen molar-refractivity contribution in [2.24, 2.45) is 0 Å². The molecule has 8 nitrogen and oxygen atoms in total. The number of hydrogen-bond donors (Lipinski definition) is 1. The highest BCUT2D eigenvalue weighted by molar-refractivity contribution is 5.92. The SMILES string of the molecule is [C-]#[N+]c1ccc(COc2cc(C#N)cc(-c3ccc(Cc4nc5ccc(C(=O)O)cc5n4CCOC)c(F)c3)c2)c(F)c1. The molecule has 5 rings (SSSR count). The van der Waals surface area contributed by atoms with Gasteiger partial charge in [0.25, 0.3) is 0 Å². The molecule has 0 radical (unpaired) electrons. The maximum Gasteiger partial charge on any atom is 0.335 e. The van der Waals surface area contributed by atoms with Gasteiger partial charge in [-0.25, -0.2) is 23.4 Å². The predicted molar refractivity (Wildman–Crippen MR) is 155 cm³/mol. The second-order valence-electron chi connectivity index (χ2n) is 9.70. The van der Waals surface area contributed by atoms with Gasteiger partial charge in [-0.15, -0.1) is 0 Å². The van der Waals surface area contributed by atoms with Gasteiger partial charge < -0.3 is 19.1 Å². The minimum absolute atomic E-state index is 0.121. The van der Waals surface area contributed by atoms with Crippen LogP contribution in [-0.4, -0.2) is 34.3 Å². The molecule has 0 aliphatic carbocycles. The Kier molecular flexibility index (Phi) is 8.42. The summed E-state index contributed by atoms with van der Waals surface area (Å²) < 4.78 is 42.6. The van der Waals surface area contributed by atoms with E-state index in [1.807, 2.05) is 4.57 Å². The van der Waals surface area contributed by atoms with E-state index in [4.69, 9.17) is 16.0 Å². The number of fused-ring (bicyclic) bond motifs is 1. The van der Waals surface area contributed by atoms with Gasteiger partial charge in [0.2, 0.25) is 0 Å². The van der Waals surface area contributed by atoms with E-state index in [-0.39, 0.29) is 35.4 Å². The molecule has 43 heavy (non-hydrogen) atoms. The van der Waals surface area contributed by atoms with Crippen LogP contribution < -0.4 is 4.74 Å². The number of benzene rings is 4. The first kappa shape index (κ1) is 28.9. The van der Waals surface area contributed by atoms with Crippen molar-refractivity contribution in [2.75, 3.05) is 13.7 Å². The number of carbonyl (C=O) groups is 1. The van der Waals surface area contributed by atoms with Gasteiger partial charge in [0, 0.05) is 25.6 Å². The van der Waals surface area contributed by atoms with Crippen LogP contribution in [0, 0.1) is 29.5 Å². The lowest BCUT2D eigenvalue weighted by Crippen LogP contribution is -2.10. The van der Waals surface area contributed by atoms with E-state index in [1.54, 1.807) is 43.5 Å². The maximum atomic E-state index is 15.5. The molecule has 10 heteroatoms. The molecule has 0 unspecified atom stereocenters. The van der Waals surface area contributed by atoms with Crippen molar-refractivity contribution < 1.29 is 28.2 Å². The van der Waals surface area contributed by atoms with Crippen molar-refractivity contribution in [3.05, 3.63) is 124 Å². The Morgan fingerprint density at radius 3 is 2.51 bits per heavy atom. The second-order valence-corrected chi connectivity index (χ2v) is 9.70. The van der Waals surface area contributed by atoms with E-state index in [9.17, 15) is 19.6 Å². The Labute approximate surface area is 245 Å². The Morgan fingerprint density at radius 2 is 1.81 bits per heavy atom. The maximum absolute atomic E-state index is 15.5. The Morgan fingerprint density at radius 1 is 1.02 bits per heavy atom. The Bertz CT molecular complexity index is 1940. The number of methoxy groups -OCH3 is 1. The van der Waals surface area contributed by atoms with Gasteiger partial charge in [0.1, 0.15) is 29.8 Å². The summed E-state index contributed by atoms with van der Waals surface area (Å²) in [5.74, 6) is -1.25. The quantitative estimate of drug-likeness (QED) is 0.181. The number of carboxylic acid groups (broad SMARTS) is 1. The van der Waals surface area contributed by atoms with Crippen molar-refractivity contribution in [1.82, 2.24) is 9.55 Å². The molecule has 1 N–H and O–H groups in total. The fraction of sp³-hybridized carbons (Fsp3) is 0.152. The summed E-state index contributed by atoms with van der Waals surface area (Å²) in [4.78, 5) is 19.3. The molecule has 0 saturated carbocycles. The number of nitrogens with zero attached hydrogens (tertiary/aromatic N) is 4. The molecule has 0 aliphatic rings. The molecule has 4 aromatic carbocycles. The number of halogens is 2. The minimum Gasteiger partial charge on any atom is -0.489 e. The lowest BCUT2D eigenvalue weighted by atomic mass is 10.00. The smallest absolute Gasteiger partial charge is 0.335 e. The number of nitriles is 1. The lowest BCUT2D eigenvalue weighted by Gasteiger charge is -2.12. The first-order valence-electron chi connectivity index (χ1n) is 13.1. The van der Waals surface area contributed by atoms with Crippen LogP contribution in [0.15, 0.2) is 72.8 Å². The van der Waals surface area contributed by atoms with Gasteiger partial charge in [-0.1, -0.05) is 24.3 Å². The highest BCUT2D eigenvalue weighted by Crippen LogP contribution is 2.30. The van der Waals surface area contributed by atoms with E-state index in [1.165, 1.54) is 30.3 Å². The van der Waals surface area contributed by atoms with Crippen LogP contribution in [0.1, 0.15) is 32.9 Å². The molecule has 1 aromatic heterocycles. The monoisotopic (exact) mass is 578 g/mol. The third kappa shape index (κ3) is 6.35.